The predicted molar refractivity (Wildman–Crippen MR) is 145 cm³/mol. The molecule has 0 amide bonds. The van der Waals surface area contributed by atoms with E-state index < -0.39 is 0 Å². The fraction of sp³-hybridized carbons (Fsp3) is 0.281. The maximum atomic E-state index is 2.49. The van der Waals surface area contributed by atoms with Crippen molar-refractivity contribution in [3.8, 4) is 16.9 Å². The van der Waals surface area contributed by atoms with E-state index >= 15 is 0 Å². The van der Waals surface area contributed by atoms with Crippen LogP contribution in [-0.4, -0.2) is 4.57 Å². The summed E-state index contributed by atoms with van der Waals surface area (Å²) in [6, 6.07) is 26.8. The van der Waals surface area contributed by atoms with Gasteiger partial charge in [0.15, 0.2) is 0 Å². The van der Waals surface area contributed by atoms with E-state index in [0.29, 0.717) is 5.92 Å². The number of fused-ring (bicyclic) bond motifs is 3. The highest BCUT2D eigenvalue weighted by Crippen LogP contribution is 2.42. The molecule has 0 saturated carbocycles. The Balaban J connectivity index is 2.01. The van der Waals surface area contributed by atoms with Crippen molar-refractivity contribution < 1.29 is 4.57 Å². The summed E-state index contributed by atoms with van der Waals surface area (Å²) in [5.74, 6) is 1.63. The smallest absolute Gasteiger partial charge is 0.237 e. The molecule has 0 fully saturated rings. The van der Waals surface area contributed by atoms with Crippen LogP contribution in [0.25, 0.3) is 38.8 Å². The molecular weight excluding hydrogens is 412 g/mol. The molecule has 2 heterocycles. The van der Waals surface area contributed by atoms with E-state index in [1.165, 1.54) is 55.4 Å². The Labute approximate surface area is 203 Å². The third-order valence-electron chi connectivity index (χ3n) is 7.16. The third-order valence-corrected chi connectivity index (χ3v) is 7.16. The zero-order valence-corrected chi connectivity index (χ0v) is 21.5. The first-order valence-electron chi connectivity index (χ1n) is 12.3. The molecule has 3 aromatic carbocycles. The summed E-state index contributed by atoms with van der Waals surface area (Å²) >= 11 is 0. The van der Waals surface area contributed by atoms with Crippen molar-refractivity contribution in [1.82, 2.24) is 4.57 Å². The van der Waals surface area contributed by atoms with Gasteiger partial charge < -0.3 is 0 Å². The second-order valence-corrected chi connectivity index (χ2v) is 10.9. The lowest BCUT2D eigenvalue weighted by Crippen LogP contribution is -2.34. The first kappa shape index (κ1) is 22.4. The Hall–Kier alpha value is -3.39. The van der Waals surface area contributed by atoms with Gasteiger partial charge in [-0.05, 0) is 64.8 Å². The molecule has 0 atom stereocenters. The average Bonchev–Trinajstić information content (AvgIpc) is 3.15. The third kappa shape index (κ3) is 3.53. The topological polar surface area (TPSA) is 8.81 Å². The molecule has 2 aromatic heterocycles. The van der Waals surface area contributed by atoms with E-state index in [2.05, 4.69) is 137 Å². The Kier molecular flexibility index (Phi) is 5.36. The molecule has 172 valence electrons. The minimum absolute atomic E-state index is 0.0785. The van der Waals surface area contributed by atoms with Crippen LogP contribution in [0, 0.1) is 6.92 Å². The van der Waals surface area contributed by atoms with E-state index in [4.69, 9.17) is 0 Å². The fourth-order valence-electron chi connectivity index (χ4n) is 5.27. The van der Waals surface area contributed by atoms with Gasteiger partial charge in [0.2, 0.25) is 0 Å². The fourth-order valence-corrected chi connectivity index (χ4v) is 5.27. The van der Waals surface area contributed by atoms with Gasteiger partial charge in [-0.2, -0.15) is 4.57 Å². The largest absolute Gasteiger partial charge is 0.286 e. The monoisotopic (exact) mass is 447 g/mol. The Bertz CT molecular complexity index is 1510. The lowest BCUT2D eigenvalue weighted by Gasteiger charge is -2.19. The molecular formula is C32H35N2+. The SMILES string of the molecule is Cc1c(C(C)C)cc(-c2ccccc2)c2c3ccccc3n(-c3cc(C(C)(C)C)cc[n+]3C)c12. The molecule has 0 aliphatic carbocycles. The number of aryl methyl sites for hydroxylation is 2. The first-order chi connectivity index (χ1) is 16.2. The van der Waals surface area contributed by atoms with Crippen LogP contribution in [0.1, 0.15) is 57.2 Å². The summed E-state index contributed by atoms with van der Waals surface area (Å²) in [5.41, 5.74) is 9.34. The van der Waals surface area contributed by atoms with Gasteiger partial charge in [0.1, 0.15) is 11.0 Å². The number of hydrogen-bond donors (Lipinski definition) is 0. The summed E-state index contributed by atoms with van der Waals surface area (Å²) in [6.45, 7) is 13.8. The van der Waals surface area contributed by atoms with Gasteiger partial charge in [-0.3, -0.25) is 0 Å². The van der Waals surface area contributed by atoms with Crippen molar-refractivity contribution in [3.05, 3.63) is 95.7 Å². The van der Waals surface area contributed by atoms with Gasteiger partial charge in [-0.15, -0.1) is 0 Å². The lowest BCUT2D eigenvalue weighted by atomic mass is 9.87. The Morgan fingerprint density at radius 1 is 0.853 bits per heavy atom. The summed E-state index contributed by atoms with van der Waals surface area (Å²) in [7, 11) is 2.15. The van der Waals surface area contributed by atoms with Crippen molar-refractivity contribution in [2.75, 3.05) is 0 Å². The second kappa shape index (κ2) is 8.13. The van der Waals surface area contributed by atoms with Crippen LogP contribution in [0.3, 0.4) is 0 Å². The number of aromatic nitrogens is 2. The van der Waals surface area contributed by atoms with E-state index in [1.54, 1.807) is 0 Å². The second-order valence-electron chi connectivity index (χ2n) is 10.9. The van der Waals surface area contributed by atoms with Crippen molar-refractivity contribution >= 4 is 21.8 Å². The molecule has 0 aliphatic heterocycles. The lowest BCUT2D eigenvalue weighted by molar-refractivity contribution is -0.665. The molecule has 0 N–H and O–H groups in total. The number of hydrogen-bond acceptors (Lipinski definition) is 0. The molecule has 5 rings (SSSR count). The highest BCUT2D eigenvalue weighted by atomic mass is 15.1. The molecule has 0 bridgehead atoms. The van der Waals surface area contributed by atoms with Crippen molar-refractivity contribution in [1.29, 1.82) is 0 Å². The predicted octanol–water partition coefficient (Wildman–Crippen LogP) is 8.00. The highest BCUT2D eigenvalue weighted by Gasteiger charge is 2.28. The highest BCUT2D eigenvalue weighted by molar-refractivity contribution is 6.16. The molecule has 0 aliphatic rings. The number of benzene rings is 3. The minimum atomic E-state index is 0.0785. The van der Waals surface area contributed by atoms with Gasteiger partial charge >= 0.3 is 0 Å². The number of rotatable bonds is 3. The quantitative estimate of drug-likeness (QED) is 0.248. The first-order valence-corrected chi connectivity index (χ1v) is 12.3. The number of nitrogens with zero attached hydrogens (tertiary/aromatic N) is 2. The zero-order chi connectivity index (χ0) is 24.2. The van der Waals surface area contributed by atoms with Crippen LogP contribution in [0.2, 0.25) is 0 Å². The Morgan fingerprint density at radius 3 is 2.21 bits per heavy atom. The molecule has 2 nitrogen and oxygen atoms in total. The summed E-state index contributed by atoms with van der Waals surface area (Å²) in [6.07, 6.45) is 2.20. The van der Waals surface area contributed by atoms with Crippen LogP contribution in [-0.2, 0) is 12.5 Å². The molecule has 0 saturated heterocycles. The molecule has 0 unspecified atom stereocenters. The van der Waals surface area contributed by atoms with Gasteiger partial charge in [0.25, 0.3) is 5.82 Å². The number of para-hydroxylation sites is 1. The van der Waals surface area contributed by atoms with Gasteiger partial charge in [0.05, 0.1) is 13.2 Å². The normalized spacial score (nSPS) is 12.2. The van der Waals surface area contributed by atoms with Crippen LogP contribution in [0.5, 0.6) is 0 Å². The maximum Gasteiger partial charge on any atom is 0.286 e. The summed E-state index contributed by atoms with van der Waals surface area (Å²) in [4.78, 5) is 0. The Morgan fingerprint density at radius 2 is 1.53 bits per heavy atom. The van der Waals surface area contributed by atoms with Crippen molar-refractivity contribution in [2.45, 2.75) is 52.9 Å². The van der Waals surface area contributed by atoms with Gasteiger partial charge in [-0.25, -0.2) is 4.57 Å². The van der Waals surface area contributed by atoms with E-state index in [1.807, 2.05) is 0 Å². The van der Waals surface area contributed by atoms with Crippen molar-refractivity contribution in [2.24, 2.45) is 7.05 Å². The van der Waals surface area contributed by atoms with Crippen LogP contribution < -0.4 is 4.57 Å². The van der Waals surface area contributed by atoms with Crippen LogP contribution in [0.4, 0.5) is 0 Å². The summed E-state index contributed by atoms with van der Waals surface area (Å²) < 4.78 is 4.75. The van der Waals surface area contributed by atoms with Gasteiger partial charge in [0, 0.05) is 22.4 Å². The summed E-state index contributed by atoms with van der Waals surface area (Å²) in [5, 5.41) is 2.64. The van der Waals surface area contributed by atoms with E-state index in [-0.39, 0.29) is 5.41 Å². The molecule has 5 aromatic rings. The minimum Gasteiger partial charge on any atom is -0.237 e. The zero-order valence-electron chi connectivity index (χ0n) is 21.5. The average molecular weight is 448 g/mol. The maximum absolute atomic E-state index is 2.49. The molecule has 0 radical (unpaired) electrons. The molecule has 0 spiro atoms. The van der Waals surface area contributed by atoms with Crippen LogP contribution in [0.15, 0.2) is 79.0 Å². The van der Waals surface area contributed by atoms with Gasteiger partial charge in [-0.1, -0.05) is 77.1 Å². The molecule has 2 heteroatoms. The molecule has 34 heavy (non-hydrogen) atoms. The number of pyridine rings is 1. The standard InChI is InChI=1S/C32H35N2/c1-21(2)26-20-27(23-13-9-8-10-14-23)30-25-15-11-12-16-28(25)34(31(30)22(26)3)29-19-24(32(4,5)6)17-18-33(29)7/h8-21H,1-7H3/q+1. The van der Waals surface area contributed by atoms with Crippen LogP contribution >= 0.6 is 0 Å². The van der Waals surface area contributed by atoms with E-state index in [9.17, 15) is 0 Å². The van der Waals surface area contributed by atoms with Crippen molar-refractivity contribution in [3.63, 3.8) is 0 Å². The van der Waals surface area contributed by atoms with E-state index in [0.717, 1.165) is 0 Å².